The lowest BCUT2D eigenvalue weighted by molar-refractivity contribution is -0.00579. The van der Waals surface area contributed by atoms with Gasteiger partial charge in [-0.15, -0.1) is 0 Å². The molecule has 45 heavy (non-hydrogen) atoms. The number of likely N-dealkylation sites (N-methyl/N-ethyl adjacent to an activating group) is 1. The summed E-state index contributed by atoms with van der Waals surface area (Å²) in [7, 11) is 3.07. The van der Waals surface area contributed by atoms with Crippen molar-refractivity contribution in [1.82, 2.24) is 20.4 Å². The van der Waals surface area contributed by atoms with E-state index in [-0.39, 0.29) is 24.2 Å². The van der Waals surface area contributed by atoms with Gasteiger partial charge in [-0.3, -0.25) is 5.32 Å². The zero-order chi connectivity index (χ0) is 32.8. The summed E-state index contributed by atoms with van der Waals surface area (Å²) in [5.74, 6) is 1.11. The van der Waals surface area contributed by atoms with Crippen molar-refractivity contribution in [2.24, 2.45) is 16.8 Å². The van der Waals surface area contributed by atoms with Gasteiger partial charge in [0.15, 0.2) is 6.19 Å². The van der Waals surface area contributed by atoms with E-state index in [4.69, 9.17) is 26.1 Å². The van der Waals surface area contributed by atoms with Crippen molar-refractivity contribution in [3.05, 3.63) is 34.9 Å². The molecule has 1 aliphatic carbocycles. The zero-order valence-corrected chi connectivity index (χ0v) is 28.3. The lowest BCUT2D eigenvalue weighted by Gasteiger charge is -2.38. The molecular weight excluding hydrogens is 596 g/mol. The Kier molecular flexibility index (Phi) is 14.5. The Balaban J connectivity index is 1.82. The minimum Gasteiger partial charge on any atom is -0.453 e. The SMILES string of the molecule is COC(=O)NCCOC(c1cccc(Cl)c1)[C@@H]1CCCN(C(=N[C@@H](CC2CCCCC2)CN(C)C(=O)OC(C)(C)C)NC#N)C1. The van der Waals surface area contributed by atoms with Gasteiger partial charge in [-0.25, -0.2) is 14.6 Å². The molecule has 1 aliphatic heterocycles. The largest absolute Gasteiger partial charge is 0.453 e. The first kappa shape index (κ1) is 36.2. The Morgan fingerprint density at radius 3 is 2.62 bits per heavy atom. The third kappa shape index (κ3) is 12.6. The van der Waals surface area contributed by atoms with Crippen LogP contribution >= 0.6 is 11.6 Å². The number of likely N-dealkylation sites (tertiary alicyclic amines) is 1. The molecule has 12 heteroatoms. The summed E-state index contributed by atoms with van der Waals surface area (Å²) in [6.07, 6.45) is 9.51. The Morgan fingerprint density at radius 2 is 1.96 bits per heavy atom. The fourth-order valence-corrected chi connectivity index (χ4v) is 6.37. The summed E-state index contributed by atoms with van der Waals surface area (Å²) in [5, 5.41) is 15.9. The second-order valence-corrected chi connectivity index (χ2v) is 13.5. The normalized spacial score (nSPS) is 19.2. The highest BCUT2D eigenvalue weighted by Gasteiger charge is 2.32. The molecule has 3 atom stereocenters. The van der Waals surface area contributed by atoms with Gasteiger partial charge in [0.1, 0.15) is 5.60 Å². The third-order valence-corrected chi connectivity index (χ3v) is 8.44. The van der Waals surface area contributed by atoms with Crippen LogP contribution < -0.4 is 10.6 Å². The summed E-state index contributed by atoms with van der Waals surface area (Å²) in [5.41, 5.74) is 0.356. The highest BCUT2D eigenvalue weighted by atomic mass is 35.5. The summed E-state index contributed by atoms with van der Waals surface area (Å²) >= 11 is 6.36. The average Bonchev–Trinajstić information content (AvgIpc) is 3.00. The molecule has 250 valence electrons. The molecule has 3 rings (SSSR count). The van der Waals surface area contributed by atoms with Crippen LogP contribution in [-0.2, 0) is 14.2 Å². The molecule has 1 aromatic carbocycles. The number of rotatable bonds is 11. The molecule has 2 amide bonds. The van der Waals surface area contributed by atoms with Crippen LogP contribution in [0.2, 0.25) is 5.02 Å². The predicted molar refractivity (Wildman–Crippen MR) is 175 cm³/mol. The number of guanidine groups is 1. The van der Waals surface area contributed by atoms with Crippen molar-refractivity contribution in [3.8, 4) is 6.19 Å². The van der Waals surface area contributed by atoms with E-state index in [1.807, 2.05) is 45.0 Å². The topological polar surface area (TPSA) is 129 Å². The van der Waals surface area contributed by atoms with Gasteiger partial charge >= 0.3 is 12.2 Å². The minimum absolute atomic E-state index is 0.0715. The number of nitriles is 1. The highest BCUT2D eigenvalue weighted by Crippen LogP contribution is 2.34. The molecule has 0 bridgehead atoms. The molecule has 0 radical (unpaired) electrons. The van der Waals surface area contributed by atoms with Crippen LogP contribution in [-0.4, -0.2) is 86.5 Å². The monoisotopic (exact) mass is 646 g/mol. The number of carbonyl (C=O) groups is 2. The van der Waals surface area contributed by atoms with E-state index in [0.29, 0.717) is 43.1 Å². The highest BCUT2D eigenvalue weighted by molar-refractivity contribution is 6.30. The molecule has 1 saturated carbocycles. The number of nitrogens with zero attached hydrogens (tertiary/aromatic N) is 4. The van der Waals surface area contributed by atoms with E-state index in [1.165, 1.54) is 26.4 Å². The Morgan fingerprint density at radius 1 is 1.20 bits per heavy atom. The number of methoxy groups -OCH3 is 1. The summed E-state index contributed by atoms with van der Waals surface area (Å²) in [6, 6.07) is 7.44. The van der Waals surface area contributed by atoms with E-state index in [0.717, 1.165) is 44.2 Å². The summed E-state index contributed by atoms with van der Waals surface area (Å²) in [6.45, 7) is 7.89. The maximum atomic E-state index is 12.9. The number of aliphatic imine (C=N–C) groups is 1. The van der Waals surface area contributed by atoms with Crippen molar-refractivity contribution >= 4 is 29.7 Å². The van der Waals surface area contributed by atoms with Gasteiger partial charge in [0.2, 0.25) is 5.96 Å². The van der Waals surface area contributed by atoms with Crippen molar-refractivity contribution in [2.75, 3.05) is 46.9 Å². The number of carbonyl (C=O) groups excluding carboxylic acids is 2. The second-order valence-electron chi connectivity index (χ2n) is 13.1. The van der Waals surface area contributed by atoms with Gasteiger partial charge in [-0.1, -0.05) is 55.8 Å². The van der Waals surface area contributed by atoms with Gasteiger partial charge in [0.05, 0.1) is 25.9 Å². The molecule has 2 N–H and O–H groups in total. The van der Waals surface area contributed by atoms with Crippen LogP contribution in [0.1, 0.15) is 83.8 Å². The molecule has 2 fully saturated rings. The number of amides is 2. The number of benzene rings is 1. The van der Waals surface area contributed by atoms with Gasteiger partial charge in [-0.2, -0.15) is 5.26 Å². The minimum atomic E-state index is -0.596. The van der Waals surface area contributed by atoms with Gasteiger partial charge in [0.25, 0.3) is 0 Å². The van der Waals surface area contributed by atoms with Crippen molar-refractivity contribution in [3.63, 3.8) is 0 Å². The van der Waals surface area contributed by atoms with Gasteiger partial charge in [-0.05, 0) is 63.6 Å². The maximum Gasteiger partial charge on any atom is 0.410 e. The van der Waals surface area contributed by atoms with Crippen LogP contribution in [0, 0.1) is 23.3 Å². The summed E-state index contributed by atoms with van der Waals surface area (Å²) in [4.78, 5) is 33.2. The predicted octanol–water partition coefficient (Wildman–Crippen LogP) is 6.10. The van der Waals surface area contributed by atoms with E-state index >= 15 is 0 Å². The smallest absolute Gasteiger partial charge is 0.410 e. The van der Waals surface area contributed by atoms with Crippen LogP contribution in [0.25, 0.3) is 0 Å². The molecular formula is C33H51ClN6O5. The molecule has 0 aromatic heterocycles. The molecule has 1 saturated heterocycles. The van der Waals surface area contributed by atoms with Crippen LogP contribution in [0.4, 0.5) is 9.59 Å². The van der Waals surface area contributed by atoms with Gasteiger partial charge in [0, 0.05) is 44.2 Å². The van der Waals surface area contributed by atoms with Crippen LogP contribution in [0.5, 0.6) is 0 Å². The zero-order valence-electron chi connectivity index (χ0n) is 27.5. The number of hydrogen-bond acceptors (Lipinski definition) is 7. The second kappa shape index (κ2) is 18.1. The number of halogens is 1. The first-order chi connectivity index (χ1) is 21.5. The van der Waals surface area contributed by atoms with E-state index < -0.39 is 11.7 Å². The lowest BCUT2D eigenvalue weighted by Crippen LogP contribution is -2.48. The fourth-order valence-electron chi connectivity index (χ4n) is 6.17. The van der Waals surface area contributed by atoms with Crippen molar-refractivity contribution < 1.29 is 23.8 Å². The molecule has 2 aliphatic rings. The van der Waals surface area contributed by atoms with Crippen LogP contribution in [0.15, 0.2) is 29.3 Å². The summed E-state index contributed by atoms with van der Waals surface area (Å²) < 4.78 is 16.7. The number of ether oxygens (including phenoxy) is 3. The number of hydrogen-bond donors (Lipinski definition) is 2. The molecule has 11 nitrogen and oxygen atoms in total. The standard InChI is InChI=1S/C33H51ClN6O5/c1-33(2,3)45-32(42)39(4)22-28(19-24-11-7-6-8-12-24)38-30(37-23-35)40-17-10-14-26(21-40)29(25-13-9-15-27(34)20-25)44-18-16-36-31(41)43-5/h9,13,15,20,24,26,28-29H,6-8,10-12,14,16-19,21-22H2,1-5H3,(H,36,41)(H,37,38)/t26-,28+,29?/m1/s1. The number of piperidine rings is 1. The van der Waals surface area contributed by atoms with Crippen molar-refractivity contribution in [1.29, 1.82) is 5.26 Å². The quantitative estimate of drug-likeness (QED) is 0.0971. The van der Waals surface area contributed by atoms with E-state index in [2.05, 4.69) is 26.5 Å². The first-order valence-electron chi connectivity index (χ1n) is 16.1. The molecule has 1 unspecified atom stereocenters. The number of nitrogens with one attached hydrogen (secondary N) is 2. The first-order valence-corrected chi connectivity index (χ1v) is 16.5. The van der Waals surface area contributed by atoms with E-state index in [9.17, 15) is 14.9 Å². The lowest BCUT2D eigenvalue weighted by atomic mass is 9.85. The Labute approximate surface area is 273 Å². The Hall–Kier alpha value is -3.23. The maximum absolute atomic E-state index is 12.9. The van der Waals surface area contributed by atoms with E-state index in [1.54, 1.807) is 11.9 Å². The Bertz CT molecular complexity index is 1160. The molecule has 1 heterocycles. The number of alkyl carbamates (subject to hydrolysis) is 1. The fraction of sp³-hybridized carbons (Fsp3) is 0.697. The van der Waals surface area contributed by atoms with Crippen LogP contribution in [0.3, 0.4) is 0 Å². The molecule has 0 spiro atoms. The third-order valence-electron chi connectivity index (χ3n) is 8.21. The van der Waals surface area contributed by atoms with Gasteiger partial charge < -0.3 is 29.3 Å². The van der Waals surface area contributed by atoms with Crippen molar-refractivity contribution in [2.45, 2.75) is 89.9 Å². The average molecular weight is 647 g/mol. The molecule has 1 aromatic rings.